The van der Waals surface area contributed by atoms with Crippen molar-refractivity contribution in [3.8, 4) is 0 Å². The van der Waals surface area contributed by atoms with Crippen LogP contribution < -0.4 is 0 Å². The summed E-state index contributed by atoms with van der Waals surface area (Å²) in [5, 5.41) is 0. The van der Waals surface area contributed by atoms with E-state index in [0.717, 1.165) is 19.3 Å². The lowest BCUT2D eigenvalue weighted by Gasteiger charge is -2.62. The van der Waals surface area contributed by atoms with Crippen LogP contribution in [0.4, 0.5) is 0 Å². The van der Waals surface area contributed by atoms with E-state index in [0.29, 0.717) is 36.0 Å². The van der Waals surface area contributed by atoms with Crippen molar-refractivity contribution in [1.29, 1.82) is 0 Å². The smallest absolute Gasteiger partial charge is 0.178 e. The van der Waals surface area contributed by atoms with Gasteiger partial charge in [0, 0.05) is 24.4 Å². The number of Topliss-reactive ketones (excluding diaryl/α,β-unsaturated/α-hetero) is 1. The predicted molar refractivity (Wildman–Crippen MR) is 123 cm³/mol. The van der Waals surface area contributed by atoms with Crippen molar-refractivity contribution < 1.29 is 14.3 Å². The standard InChI is InChI=1S/C28H38O3/c1-8-9-10-24(30)28(31-7)19(4)14-23-21-13-17(2)22-15-20(29)11-12-26(22,5)25(21)18(3)16-27(23,28)6/h9,11-12,15,17-19,21,23,25H,1,10,13-14,16H2,2-7H3/t17-,18-,19+,21-,23-,25-,26-,27-,28-/m0/s1. The van der Waals surface area contributed by atoms with E-state index in [1.54, 1.807) is 19.3 Å². The van der Waals surface area contributed by atoms with Crippen LogP contribution in [0.2, 0.25) is 0 Å². The number of fused-ring (bicyclic) bond motifs is 5. The predicted octanol–water partition coefficient (Wildman–Crippen LogP) is 5.72. The van der Waals surface area contributed by atoms with Crippen LogP contribution >= 0.6 is 0 Å². The molecule has 0 radical (unpaired) electrons. The quantitative estimate of drug-likeness (QED) is 0.544. The molecule has 0 N–H and O–H groups in total. The molecule has 0 bridgehead atoms. The highest BCUT2D eigenvalue weighted by Crippen LogP contribution is 2.71. The molecular formula is C28H38O3. The third-order valence-electron chi connectivity index (χ3n) is 9.84. The van der Waals surface area contributed by atoms with Crippen LogP contribution in [0.25, 0.3) is 0 Å². The Bertz CT molecular complexity index is 905. The van der Waals surface area contributed by atoms with Crippen molar-refractivity contribution in [2.45, 2.75) is 65.9 Å². The summed E-state index contributed by atoms with van der Waals surface area (Å²) in [5.74, 6) is 2.73. The molecule has 0 heterocycles. The van der Waals surface area contributed by atoms with E-state index in [9.17, 15) is 9.59 Å². The number of hydrogen-bond acceptors (Lipinski definition) is 3. The van der Waals surface area contributed by atoms with Crippen LogP contribution in [0.3, 0.4) is 0 Å². The van der Waals surface area contributed by atoms with E-state index in [2.05, 4.69) is 53.0 Å². The molecular weight excluding hydrogens is 384 g/mol. The molecule has 0 aromatic heterocycles. The van der Waals surface area contributed by atoms with Crippen molar-refractivity contribution in [3.63, 3.8) is 0 Å². The average molecular weight is 423 g/mol. The molecule has 3 nitrogen and oxygen atoms in total. The molecule has 4 aliphatic carbocycles. The van der Waals surface area contributed by atoms with E-state index in [4.69, 9.17) is 4.74 Å². The van der Waals surface area contributed by atoms with Gasteiger partial charge in [-0.05, 0) is 73.0 Å². The van der Waals surface area contributed by atoms with E-state index < -0.39 is 5.60 Å². The second-order valence-corrected chi connectivity index (χ2v) is 11.3. The van der Waals surface area contributed by atoms with Gasteiger partial charge >= 0.3 is 0 Å². The van der Waals surface area contributed by atoms with Gasteiger partial charge in [-0.3, -0.25) is 9.59 Å². The Hall–Kier alpha value is -1.70. The SMILES string of the molecule is C=C=CCC(=O)[C@@]1(OC)[C@H](C)C[C@H]2[C@@H]3C[C@H](C)C4=CC(=O)C=C[C@]4(C)[C@H]3[C@@H](C)C[C@@]21C. The zero-order chi connectivity index (χ0) is 22.8. The first-order valence-corrected chi connectivity index (χ1v) is 11.9. The van der Waals surface area contributed by atoms with Gasteiger partial charge in [-0.1, -0.05) is 52.8 Å². The molecule has 3 fully saturated rings. The maximum Gasteiger partial charge on any atom is 0.178 e. The van der Waals surface area contributed by atoms with Crippen LogP contribution in [-0.2, 0) is 14.3 Å². The molecule has 0 aromatic rings. The van der Waals surface area contributed by atoms with Crippen molar-refractivity contribution >= 4 is 11.6 Å². The van der Waals surface area contributed by atoms with Gasteiger partial charge in [0.2, 0.25) is 0 Å². The van der Waals surface area contributed by atoms with Gasteiger partial charge in [0.1, 0.15) is 5.60 Å². The molecule has 4 aliphatic rings. The van der Waals surface area contributed by atoms with Gasteiger partial charge < -0.3 is 4.74 Å². The average Bonchev–Trinajstić information content (AvgIpc) is 2.94. The molecule has 0 spiro atoms. The van der Waals surface area contributed by atoms with Gasteiger partial charge in [-0.2, -0.15) is 0 Å². The van der Waals surface area contributed by atoms with Gasteiger partial charge in [0.05, 0.1) is 0 Å². The van der Waals surface area contributed by atoms with E-state index in [-0.39, 0.29) is 28.3 Å². The van der Waals surface area contributed by atoms with Crippen LogP contribution in [-0.4, -0.2) is 24.3 Å². The summed E-state index contributed by atoms with van der Waals surface area (Å²) < 4.78 is 6.26. The van der Waals surface area contributed by atoms with Crippen LogP contribution in [0, 0.1) is 46.3 Å². The summed E-state index contributed by atoms with van der Waals surface area (Å²) in [6, 6.07) is 0. The summed E-state index contributed by atoms with van der Waals surface area (Å²) >= 11 is 0. The molecule has 0 saturated heterocycles. The topological polar surface area (TPSA) is 43.4 Å². The number of ketones is 2. The van der Waals surface area contributed by atoms with Crippen molar-refractivity contribution in [3.05, 3.63) is 42.2 Å². The number of carbonyl (C=O) groups is 2. The number of rotatable bonds is 4. The van der Waals surface area contributed by atoms with E-state index >= 15 is 0 Å². The third-order valence-corrected chi connectivity index (χ3v) is 9.84. The lowest BCUT2D eigenvalue weighted by atomic mass is 9.43. The maximum atomic E-state index is 13.6. The van der Waals surface area contributed by atoms with Gasteiger partial charge in [-0.15, -0.1) is 5.73 Å². The van der Waals surface area contributed by atoms with Gasteiger partial charge in [-0.25, -0.2) is 0 Å². The largest absolute Gasteiger partial charge is 0.370 e. The molecule has 31 heavy (non-hydrogen) atoms. The number of carbonyl (C=O) groups excluding carboxylic acids is 2. The number of methoxy groups -OCH3 is 1. The Labute approximate surface area is 187 Å². The summed E-state index contributed by atoms with van der Waals surface area (Å²) in [6.07, 6.45) is 11.0. The van der Waals surface area contributed by atoms with Crippen LogP contribution in [0.1, 0.15) is 60.3 Å². The van der Waals surface area contributed by atoms with Crippen molar-refractivity contribution in [2.24, 2.45) is 46.3 Å². The first kappa shape index (κ1) is 22.5. The Kier molecular flexibility index (Phi) is 5.39. The first-order valence-electron chi connectivity index (χ1n) is 11.9. The second-order valence-electron chi connectivity index (χ2n) is 11.3. The molecule has 3 heteroatoms. The van der Waals surface area contributed by atoms with Crippen LogP contribution in [0.15, 0.2) is 42.2 Å². The third kappa shape index (κ3) is 2.82. The fraction of sp³-hybridized carbons (Fsp3) is 0.679. The summed E-state index contributed by atoms with van der Waals surface area (Å²) in [5.41, 5.74) is 3.05. The Morgan fingerprint density at radius 2 is 2.00 bits per heavy atom. The zero-order valence-corrected chi connectivity index (χ0v) is 20.0. The number of hydrogen-bond donors (Lipinski definition) is 0. The summed E-state index contributed by atoms with van der Waals surface area (Å²) in [7, 11) is 1.73. The highest BCUT2D eigenvalue weighted by atomic mass is 16.5. The lowest BCUT2D eigenvalue weighted by Crippen LogP contribution is -2.61. The summed E-state index contributed by atoms with van der Waals surface area (Å²) in [4.78, 5) is 25.8. The second kappa shape index (κ2) is 7.42. The molecule has 0 aromatic carbocycles. The maximum absolute atomic E-state index is 13.6. The summed E-state index contributed by atoms with van der Waals surface area (Å²) in [6.45, 7) is 15.2. The lowest BCUT2D eigenvalue weighted by molar-refractivity contribution is -0.181. The molecule has 3 saturated carbocycles. The first-order chi connectivity index (χ1) is 14.6. The molecule has 9 atom stereocenters. The van der Waals surface area contributed by atoms with Crippen LogP contribution in [0.5, 0.6) is 0 Å². The highest BCUT2D eigenvalue weighted by Gasteiger charge is 2.70. The minimum atomic E-state index is -0.761. The molecule has 0 amide bonds. The molecule has 0 unspecified atom stereocenters. The Morgan fingerprint density at radius 1 is 1.29 bits per heavy atom. The molecule has 0 aliphatic heterocycles. The van der Waals surface area contributed by atoms with Gasteiger partial charge in [0.25, 0.3) is 0 Å². The Morgan fingerprint density at radius 3 is 2.65 bits per heavy atom. The molecule has 4 rings (SSSR count). The van der Waals surface area contributed by atoms with Crippen molar-refractivity contribution in [2.75, 3.05) is 7.11 Å². The zero-order valence-electron chi connectivity index (χ0n) is 20.0. The van der Waals surface area contributed by atoms with Crippen molar-refractivity contribution in [1.82, 2.24) is 0 Å². The number of ether oxygens (including phenoxy) is 1. The Balaban J connectivity index is 1.80. The minimum absolute atomic E-state index is 0.0753. The normalized spacial score (nSPS) is 48.2. The fourth-order valence-corrected chi connectivity index (χ4v) is 9.09. The minimum Gasteiger partial charge on any atom is -0.370 e. The number of allylic oxidation sites excluding steroid dienone is 5. The highest BCUT2D eigenvalue weighted by molar-refractivity contribution is 6.01. The van der Waals surface area contributed by atoms with E-state index in [1.165, 1.54) is 5.57 Å². The van der Waals surface area contributed by atoms with Gasteiger partial charge in [0.15, 0.2) is 11.6 Å². The fourth-order valence-electron chi connectivity index (χ4n) is 9.09. The van der Waals surface area contributed by atoms with E-state index in [1.807, 2.05) is 6.08 Å². The monoisotopic (exact) mass is 422 g/mol. The molecule has 168 valence electrons.